The molecule has 0 aliphatic carbocycles. The lowest BCUT2D eigenvalue weighted by Gasteiger charge is -2.28. The van der Waals surface area contributed by atoms with Crippen LogP contribution in [0, 0.1) is 5.41 Å². The van der Waals surface area contributed by atoms with Gasteiger partial charge in [0.1, 0.15) is 0 Å². The highest BCUT2D eigenvalue weighted by atomic mass is 79.9. The molecule has 1 aromatic carbocycles. The van der Waals surface area contributed by atoms with E-state index in [2.05, 4.69) is 54.1 Å². The summed E-state index contributed by atoms with van der Waals surface area (Å²) in [5.41, 5.74) is 1.89. The SMILES string of the molecule is COC(=O)c1ccc(CNCC(C)(C)CN(C)C)c(Br)c1. The van der Waals surface area contributed by atoms with Gasteiger partial charge >= 0.3 is 5.97 Å². The molecule has 0 atom stereocenters. The van der Waals surface area contributed by atoms with Crippen LogP contribution in [0.4, 0.5) is 0 Å². The number of rotatable bonds is 7. The topological polar surface area (TPSA) is 41.6 Å². The fourth-order valence-electron chi connectivity index (χ4n) is 2.38. The summed E-state index contributed by atoms with van der Waals surface area (Å²) in [5, 5.41) is 3.48. The van der Waals surface area contributed by atoms with Crippen molar-refractivity contribution in [3.63, 3.8) is 0 Å². The van der Waals surface area contributed by atoms with Crippen molar-refractivity contribution in [2.45, 2.75) is 20.4 Å². The van der Waals surface area contributed by atoms with Crippen LogP contribution in [0.1, 0.15) is 29.8 Å². The molecule has 118 valence electrons. The lowest BCUT2D eigenvalue weighted by Crippen LogP contribution is -2.37. The van der Waals surface area contributed by atoms with Gasteiger partial charge in [0.15, 0.2) is 0 Å². The molecule has 1 aromatic rings. The molecule has 0 amide bonds. The Bertz CT molecular complexity index is 487. The van der Waals surface area contributed by atoms with Gasteiger partial charge < -0.3 is 15.0 Å². The summed E-state index contributed by atoms with van der Waals surface area (Å²) in [6.45, 7) is 7.21. The Balaban J connectivity index is 2.58. The maximum atomic E-state index is 11.5. The molecule has 21 heavy (non-hydrogen) atoms. The van der Waals surface area contributed by atoms with Crippen LogP contribution in [0.3, 0.4) is 0 Å². The molecular weight excluding hydrogens is 332 g/mol. The van der Waals surface area contributed by atoms with Crippen molar-refractivity contribution in [2.24, 2.45) is 5.41 Å². The van der Waals surface area contributed by atoms with Gasteiger partial charge in [-0.15, -0.1) is 0 Å². The predicted octanol–water partition coefficient (Wildman–Crippen LogP) is 2.91. The number of carbonyl (C=O) groups is 1. The summed E-state index contributed by atoms with van der Waals surface area (Å²) in [4.78, 5) is 13.7. The molecule has 1 rings (SSSR count). The minimum Gasteiger partial charge on any atom is -0.465 e. The van der Waals surface area contributed by atoms with Crippen molar-refractivity contribution in [1.82, 2.24) is 10.2 Å². The number of nitrogens with zero attached hydrogens (tertiary/aromatic N) is 1. The number of ether oxygens (including phenoxy) is 1. The third-order valence-electron chi connectivity index (χ3n) is 3.14. The Morgan fingerprint density at radius 3 is 2.57 bits per heavy atom. The van der Waals surface area contributed by atoms with Crippen LogP contribution in [-0.2, 0) is 11.3 Å². The van der Waals surface area contributed by atoms with Crippen LogP contribution in [0.25, 0.3) is 0 Å². The third kappa shape index (κ3) is 6.16. The lowest BCUT2D eigenvalue weighted by atomic mass is 9.93. The van der Waals surface area contributed by atoms with Gasteiger partial charge in [0.25, 0.3) is 0 Å². The minimum absolute atomic E-state index is 0.210. The lowest BCUT2D eigenvalue weighted by molar-refractivity contribution is 0.0600. The molecule has 4 nitrogen and oxygen atoms in total. The summed E-state index contributed by atoms with van der Waals surface area (Å²) in [5.74, 6) is -0.317. The van der Waals surface area contributed by atoms with Crippen molar-refractivity contribution in [3.05, 3.63) is 33.8 Å². The summed E-state index contributed by atoms with van der Waals surface area (Å²) in [6, 6.07) is 5.54. The quantitative estimate of drug-likeness (QED) is 0.762. The van der Waals surface area contributed by atoms with Crippen LogP contribution in [0.5, 0.6) is 0 Å². The van der Waals surface area contributed by atoms with E-state index in [1.165, 1.54) is 7.11 Å². The minimum atomic E-state index is -0.317. The normalized spacial score (nSPS) is 11.8. The van der Waals surface area contributed by atoms with Crippen LogP contribution < -0.4 is 5.32 Å². The van der Waals surface area contributed by atoms with Gasteiger partial charge in [-0.1, -0.05) is 35.8 Å². The average molecular weight is 357 g/mol. The highest BCUT2D eigenvalue weighted by Crippen LogP contribution is 2.20. The number of hydrogen-bond acceptors (Lipinski definition) is 4. The van der Waals surface area contributed by atoms with Crippen molar-refractivity contribution in [2.75, 3.05) is 34.3 Å². The number of nitrogens with one attached hydrogen (secondary N) is 1. The van der Waals surface area contributed by atoms with E-state index in [-0.39, 0.29) is 11.4 Å². The molecule has 0 aliphatic rings. The second-order valence-corrected chi connectivity index (χ2v) is 7.16. The Labute approximate surface area is 136 Å². The van der Waals surface area contributed by atoms with Gasteiger partial charge in [0.2, 0.25) is 0 Å². The number of esters is 1. The van der Waals surface area contributed by atoms with Gasteiger partial charge in [0, 0.05) is 24.1 Å². The van der Waals surface area contributed by atoms with Crippen LogP contribution in [0.15, 0.2) is 22.7 Å². The number of benzene rings is 1. The average Bonchev–Trinajstić information content (AvgIpc) is 2.38. The van der Waals surface area contributed by atoms with E-state index in [1.807, 2.05) is 6.07 Å². The van der Waals surface area contributed by atoms with E-state index in [1.54, 1.807) is 12.1 Å². The predicted molar refractivity (Wildman–Crippen MR) is 89.5 cm³/mol. The molecule has 1 N–H and O–H groups in total. The Morgan fingerprint density at radius 1 is 1.38 bits per heavy atom. The molecule has 0 aromatic heterocycles. The van der Waals surface area contributed by atoms with Gasteiger partial charge in [-0.25, -0.2) is 4.79 Å². The molecule has 0 saturated heterocycles. The fourth-order valence-corrected chi connectivity index (χ4v) is 2.90. The summed E-state index contributed by atoms with van der Waals surface area (Å²) in [7, 11) is 5.56. The van der Waals surface area contributed by atoms with Crippen molar-refractivity contribution in [1.29, 1.82) is 0 Å². The van der Waals surface area contributed by atoms with E-state index in [0.717, 1.165) is 29.7 Å². The molecule has 0 radical (unpaired) electrons. The molecule has 0 fully saturated rings. The summed E-state index contributed by atoms with van der Waals surface area (Å²) < 4.78 is 5.63. The first-order chi connectivity index (χ1) is 9.75. The summed E-state index contributed by atoms with van der Waals surface area (Å²) in [6.07, 6.45) is 0. The number of methoxy groups -OCH3 is 1. The van der Waals surface area contributed by atoms with E-state index in [4.69, 9.17) is 4.74 Å². The van der Waals surface area contributed by atoms with Crippen LogP contribution in [-0.4, -0.2) is 45.2 Å². The largest absolute Gasteiger partial charge is 0.465 e. The van der Waals surface area contributed by atoms with Gasteiger partial charge in [-0.05, 0) is 37.2 Å². The first-order valence-electron chi connectivity index (χ1n) is 6.97. The van der Waals surface area contributed by atoms with Crippen molar-refractivity contribution < 1.29 is 9.53 Å². The highest BCUT2D eigenvalue weighted by Gasteiger charge is 2.18. The molecule has 5 heteroatoms. The number of hydrogen-bond donors (Lipinski definition) is 1. The van der Waals surface area contributed by atoms with E-state index in [0.29, 0.717) is 5.56 Å². The molecule has 0 aliphatic heterocycles. The standard InChI is InChI=1S/C16H25BrN2O2/c1-16(2,11-19(3)4)10-18-9-13-7-6-12(8-14(13)17)15(20)21-5/h6-8,18H,9-11H2,1-5H3. The highest BCUT2D eigenvalue weighted by molar-refractivity contribution is 9.10. The van der Waals surface area contributed by atoms with Crippen LogP contribution in [0.2, 0.25) is 0 Å². The van der Waals surface area contributed by atoms with Crippen molar-refractivity contribution >= 4 is 21.9 Å². The fraction of sp³-hybridized carbons (Fsp3) is 0.562. The third-order valence-corrected chi connectivity index (χ3v) is 3.88. The van der Waals surface area contributed by atoms with E-state index in [9.17, 15) is 4.79 Å². The van der Waals surface area contributed by atoms with E-state index < -0.39 is 0 Å². The zero-order chi connectivity index (χ0) is 16.0. The van der Waals surface area contributed by atoms with Gasteiger partial charge in [-0.2, -0.15) is 0 Å². The number of halogens is 1. The molecule has 0 spiro atoms. The number of carbonyl (C=O) groups excluding carboxylic acids is 1. The van der Waals surface area contributed by atoms with Gasteiger partial charge in [0.05, 0.1) is 12.7 Å². The molecule has 0 heterocycles. The second-order valence-electron chi connectivity index (χ2n) is 6.30. The Morgan fingerprint density at radius 2 is 2.05 bits per heavy atom. The maximum absolute atomic E-state index is 11.5. The van der Waals surface area contributed by atoms with Gasteiger partial charge in [-0.3, -0.25) is 0 Å². The first-order valence-corrected chi connectivity index (χ1v) is 7.76. The Kier molecular flexibility index (Phi) is 6.84. The first kappa shape index (κ1) is 18.1. The zero-order valence-corrected chi connectivity index (χ0v) is 15.1. The summed E-state index contributed by atoms with van der Waals surface area (Å²) >= 11 is 3.51. The maximum Gasteiger partial charge on any atom is 0.337 e. The van der Waals surface area contributed by atoms with Crippen LogP contribution >= 0.6 is 15.9 Å². The molecule has 0 bridgehead atoms. The zero-order valence-electron chi connectivity index (χ0n) is 13.5. The Hall–Kier alpha value is -0.910. The molecular formula is C16H25BrN2O2. The monoisotopic (exact) mass is 356 g/mol. The molecule has 0 unspecified atom stereocenters. The van der Waals surface area contributed by atoms with E-state index >= 15 is 0 Å². The van der Waals surface area contributed by atoms with Crippen molar-refractivity contribution in [3.8, 4) is 0 Å². The molecule has 0 saturated carbocycles. The smallest absolute Gasteiger partial charge is 0.337 e. The second kappa shape index (κ2) is 7.92.